The molecule has 14 heteroatoms. The lowest BCUT2D eigenvalue weighted by Crippen LogP contribution is -3.00. The highest BCUT2D eigenvalue weighted by Gasteiger charge is 2.40. The van der Waals surface area contributed by atoms with Crippen LogP contribution in [0.4, 0.5) is 0 Å². The third-order valence-electron chi connectivity index (χ3n) is 3.62. The van der Waals surface area contributed by atoms with Crippen molar-refractivity contribution < 1.29 is 62.7 Å². The molecular formula is C12H18Cl2N4O6P2. The number of rotatable bonds is 5. The Morgan fingerprint density at radius 1 is 0.808 bits per heavy atom. The molecule has 10 nitrogen and oxygen atoms in total. The van der Waals surface area contributed by atoms with E-state index in [1.807, 2.05) is 0 Å². The van der Waals surface area contributed by atoms with Crippen LogP contribution in [0.3, 0.4) is 0 Å². The Hall–Kier alpha value is -0.960. The van der Waals surface area contributed by atoms with Crippen LogP contribution in [-0.4, -0.2) is 29.5 Å². The summed E-state index contributed by atoms with van der Waals surface area (Å²) in [6.07, 6.45) is 8.21. The smallest absolute Gasteiger partial charge is 0.392 e. The van der Waals surface area contributed by atoms with Crippen LogP contribution in [0.5, 0.6) is 0 Å². The SMILES string of the molecule is CC([n+]1ccncc1-c1cncc[n+]1C(C)P(=O)(O)O)P(=O)(O)O.[Cl-].[Cl-]. The van der Waals surface area contributed by atoms with E-state index in [0.717, 1.165) is 0 Å². The summed E-state index contributed by atoms with van der Waals surface area (Å²) in [6.45, 7) is 2.69. The molecule has 2 aromatic heterocycles. The third kappa shape index (κ3) is 5.52. The van der Waals surface area contributed by atoms with Gasteiger partial charge >= 0.3 is 15.2 Å². The van der Waals surface area contributed by atoms with Gasteiger partial charge in [-0.05, 0) is 0 Å². The number of aromatic nitrogens is 4. The Morgan fingerprint density at radius 2 is 1.12 bits per heavy atom. The van der Waals surface area contributed by atoms with Crippen LogP contribution in [0, 0.1) is 0 Å². The van der Waals surface area contributed by atoms with Crippen molar-refractivity contribution in [3.8, 4) is 11.4 Å². The molecule has 0 aliphatic carbocycles. The van der Waals surface area contributed by atoms with E-state index < -0.39 is 26.8 Å². The van der Waals surface area contributed by atoms with E-state index in [1.54, 1.807) is 0 Å². The highest BCUT2D eigenvalue weighted by atomic mass is 35.5. The molecule has 2 rings (SSSR count). The van der Waals surface area contributed by atoms with Crippen molar-refractivity contribution in [3.05, 3.63) is 37.2 Å². The van der Waals surface area contributed by atoms with Crippen LogP contribution in [0.1, 0.15) is 25.4 Å². The maximum atomic E-state index is 11.6. The minimum Gasteiger partial charge on any atom is -1.00 e. The van der Waals surface area contributed by atoms with Gasteiger partial charge in [0.25, 0.3) is 23.0 Å². The Balaban J connectivity index is 0.00000312. The van der Waals surface area contributed by atoms with E-state index in [0.29, 0.717) is 0 Å². The van der Waals surface area contributed by atoms with Crippen molar-refractivity contribution in [1.82, 2.24) is 9.97 Å². The van der Waals surface area contributed by atoms with Gasteiger partial charge in [0.05, 0.1) is 12.4 Å². The quantitative estimate of drug-likeness (QED) is 0.262. The van der Waals surface area contributed by atoms with E-state index in [4.69, 9.17) is 0 Å². The van der Waals surface area contributed by atoms with Gasteiger partial charge in [-0.1, -0.05) is 0 Å². The largest absolute Gasteiger partial charge is 1.00 e. The van der Waals surface area contributed by atoms with Crippen LogP contribution in [0.2, 0.25) is 0 Å². The van der Waals surface area contributed by atoms with E-state index in [9.17, 15) is 28.7 Å². The van der Waals surface area contributed by atoms with Gasteiger partial charge < -0.3 is 44.4 Å². The Kier molecular flexibility index (Phi) is 8.96. The minimum absolute atomic E-state index is 0. The van der Waals surface area contributed by atoms with E-state index in [2.05, 4.69) is 9.97 Å². The lowest BCUT2D eigenvalue weighted by molar-refractivity contribution is -0.719. The first-order valence-corrected chi connectivity index (χ1v) is 10.2. The monoisotopic (exact) mass is 446 g/mol. The molecule has 0 saturated heterocycles. The van der Waals surface area contributed by atoms with Gasteiger partial charge in [0.2, 0.25) is 0 Å². The van der Waals surface area contributed by atoms with Crippen molar-refractivity contribution in [2.75, 3.05) is 0 Å². The summed E-state index contributed by atoms with van der Waals surface area (Å²) in [6, 6.07) is 0. The fourth-order valence-corrected chi connectivity index (χ4v) is 3.17. The topological polar surface area (TPSA) is 149 Å². The molecule has 0 aromatic carbocycles. The van der Waals surface area contributed by atoms with E-state index >= 15 is 0 Å². The molecule has 0 fully saturated rings. The second-order valence-electron chi connectivity index (χ2n) is 5.18. The van der Waals surface area contributed by atoms with Crippen LogP contribution < -0.4 is 33.9 Å². The first-order chi connectivity index (χ1) is 11.0. The summed E-state index contributed by atoms with van der Waals surface area (Å²) in [5.74, 6) is -2.37. The fraction of sp³-hybridized carbons (Fsp3) is 0.333. The molecule has 2 heterocycles. The zero-order chi connectivity index (χ0) is 18.1. The molecule has 0 aliphatic rings. The zero-order valence-corrected chi connectivity index (χ0v) is 17.0. The van der Waals surface area contributed by atoms with E-state index in [-0.39, 0.29) is 36.2 Å². The first kappa shape index (κ1) is 25.0. The average molecular weight is 447 g/mol. The summed E-state index contributed by atoms with van der Waals surface area (Å²) >= 11 is 0. The standard InChI is InChI=1S/C12H16N4O6P2.2ClH/c1-9(23(17,18)19)15-5-3-13-7-11(15)12-8-14-4-6-16(12)10(2)24(20,21)22;;/h3-10H,1-2H3,(H2-2,17,18,19,20,21,22);2*1H. The molecule has 0 aliphatic heterocycles. The van der Waals surface area contributed by atoms with Crippen LogP contribution in [0.15, 0.2) is 37.2 Å². The van der Waals surface area contributed by atoms with Gasteiger partial charge in [0, 0.05) is 13.8 Å². The summed E-state index contributed by atoms with van der Waals surface area (Å²) in [5, 5.41) is 0. The molecule has 0 spiro atoms. The maximum absolute atomic E-state index is 11.6. The molecule has 0 radical (unpaired) electrons. The first-order valence-electron chi connectivity index (χ1n) is 6.84. The Labute approximate surface area is 162 Å². The highest BCUT2D eigenvalue weighted by molar-refractivity contribution is 7.51. The van der Waals surface area contributed by atoms with Crippen molar-refractivity contribution in [2.45, 2.75) is 25.4 Å². The highest BCUT2D eigenvalue weighted by Crippen LogP contribution is 2.47. The van der Waals surface area contributed by atoms with Gasteiger partial charge in [-0.3, -0.25) is 19.1 Å². The number of hydrogen-bond donors (Lipinski definition) is 4. The number of nitrogens with zero attached hydrogens (tertiary/aromatic N) is 4. The molecule has 0 amide bonds. The zero-order valence-electron chi connectivity index (χ0n) is 13.7. The minimum atomic E-state index is -4.45. The molecule has 2 atom stereocenters. The van der Waals surface area contributed by atoms with Gasteiger partial charge in [0.1, 0.15) is 12.4 Å². The van der Waals surface area contributed by atoms with Crippen LogP contribution >= 0.6 is 15.2 Å². The molecule has 26 heavy (non-hydrogen) atoms. The maximum Gasteiger partial charge on any atom is 0.392 e. The molecule has 0 bridgehead atoms. The molecule has 0 saturated carbocycles. The normalized spacial score (nSPS) is 13.9. The van der Waals surface area contributed by atoms with Crippen molar-refractivity contribution in [1.29, 1.82) is 0 Å². The van der Waals surface area contributed by atoms with Gasteiger partial charge in [-0.25, -0.2) is 0 Å². The molecule has 4 N–H and O–H groups in total. The lowest BCUT2D eigenvalue weighted by Gasteiger charge is -2.13. The molecule has 146 valence electrons. The fourth-order valence-electron chi connectivity index (χ4n) is 2.11. The van der Waals surface area contributed by atoms with Crippen molar-refractivity contribution in [2.24, 2.45) is 0 Å². The Morgan fingerprint density at radius 3 is 1.38 bits per heavy atom. The summed E-state index contributed by atoms with van der Waals surface area (Å²) in [5.41, 5.74) is 0.531. The van der Waals surface area contributed by atoms with Crippen molar-refractivity contribution in [3.63, 3.8) is 0 Å². The van der Waals surface area contributed by atoms with Crippen LogP contribution in [0.25, 0.3) is 11.4 Å². The van der Waals surface area contributed by atoms with Crippen LogP contribution in [-0.2, 0) is 9.13 Å². The number of hydrogen-bond acceptors (Lipinski definition) is 4. The lowest BCUT2D eigenvalue weighted by atomic mass is 10.3. The molecular weight excluding hydrogens is 429 g/mol. The Bertz CT molecular complexity index is 776. The third-order valence-corrected chi connectivity index (χ3v) is 6.06. The van der Waals surface area contributed by atoms with E-state index in [1.165, 1.54) is 60.2 Å². The second-order valence-corrected chi connectivity index (χ2v) is 9.03. The average Bonchev–Trinajstić information content (AvgIpc) is 2.51. The molecule has 2 unspecified atom stereocenters. The predicted octanol–water partition coefficient (Wildman–Crippen LogP) is -5.88. The van der Waals surface area contributed by atoms with Gasteiger partial charge in [0.15, 0.2) is 12.4 Å². The predicted molar refractivity (Wildman–Crippen MR) is 81.4 cm³/mol. The summed E-state index contributed by atoms with van der Waals surface area (Å²) in [7, 11) is -8.89. The van der Waals surface area contributed by atoms with Crippen molar-refractivity contribution >= 4 is 15.2 Å². The van der Waals surface area contributed by atoms with Gasteiger partial charge in [-0.2, -0.15) is 9.13 Å². The van der Waals surface area contributed by atoms with Gasteiger partial charge in [-0.15, -0.1) is 0 Å². The summed E-state index contributed by atoms with van der Waals surface area (Å²) in [4.78, 5) is 45.6. The second kappa shape index (κ2) is 9.30. The molecule has 2 aromatic rings. The number of halogens is 2. The summed E-state index contributed by atoms with van der Waals surface area (Å²) < 4.78 is 25.8.